The van der Waals surface area contributed by atoms with E-state index < -0.39 is 17.8 Å². The second kappa shape index (κ2) is 6.97. The summed E-state index contributed by atoms with van der Waals surface area (Å²) >= 11 is 0. The number of nitrogens with one attached hydrogen (secondary N) is 1. The molecular formula is C17H11NO5. The third-order valence-corrected chi connectivity index (χ3v) is 2.50. The standard InChI is InChI=1S/C17H11NO5/c1-11(19)22-15-9-8-14(10-16(15)23-12(2)20)18-17(21)13-6-4-3-5-7-13/h6,8-10H,1-2H3,(H,18,21). The topological polar surface area (TPSA) is 81.7 Å². The second-order valence-electron chi connectivity index (χ2n) is 4.38. The number of carbonyl (C=O) groups excluding carboxylic acids is 3. The molecule has 0 aliphatic heterocycles. The Morgan fingerprint density at radius 2 is 1.70 bits per heavy atom. The molecule has 0 fully saturated rings. The number of carbonyl (C=O) groups is 3. The van der Waals surface area contributed by atoms with E-state index in [-0.39, 0.29) is 17.1 Å². The van der Waals surface area contributed by atoms with E-state index in [1.807, 2.05) is 0 Å². The SMILES string of the molecule is CC(=O)Oc1ccc(NC(=O)C2=C=C=C=C=C2)cc1OC(C)=O. The van der Waals surface area contributed by atoms with Gasteiger partial charge in [0.1, 0.15) is 0 Å². The van der Waals surface area contributed by atoms with E-state index in [9.17, 15) is 14.4 Å². The number of hydrogen-bond acceptors (Lipinski definition) is 5. The Bertz CT molecular complexity index is 870. The molecule has 1 amide bonds. The van der Waals surface area contributed by atoms with Crippen LogP contribution in [0.15, 0.2) is 52.8 Å². The van der Waals surface area contributed by atoms with E-state index in [1.165, 1.54) is 38.1 Å². The Morgan fingerprint density at radius 3 is 2.30 bits per heavy atom. The lowest BCUT2D eigenvalue weighted by Crippen LogP contribution is -2.13. The van der Waals surface area contributed by atoms with E-state index in [1.54, 1.807) is 0 Å². The van der Waals surface area contributed by atoms with Gasteiger partial charge in [-0.3, -0.25) is 14.4 Å². The first-order valence-electron chi connectivity index (χ1n) is 6.49. The molecule has 0 aromatic heterocycles. The van der Waals surface area contributed by atoms with E-state index in [4.69, 9.17) is 9.47 Å². The molecular weight excluding hydrogens is 298 g/mol. The minimum Gasteiger partial charge on any atom is -0.423 e. The number of esters is 2. The van der Waals surface area contributed by atoms with Crippen LogP contribution < -0.4 is 14.8 Å². The van der Waals surface area contributed by atoms with Gasteiger partial charge in [-0.1, -0.05) is 5.73 Å². The van der Waals surface area contributed by atoms with Gasteiger partial charge in [-0.2, -0.15) is 0 Å². The zero-order valence-corrected chi connectivity index (χ0v) is 12.4. The Hall–Kier alpha value is -3.51. The van der Waals surface area contributed by atoms with Crippen LogP contribution in [-0.4, -0.2) is 17.8 Å². The van der Waals surface area contributed by atoms with Crippen LogP contribution in [-0.2, 0) is 14.4 Å². The molecule has 6 nitrogen and oxygen atoms in total. The van der Waals surface area contributed by atoms with Crippen molar-refractivity contribution < 1.29 is 23.9 Å². The summed E-state index contributed by atoms with van der Waals surface area (Å²) in [7, 11) is 0. The van der Waals surface area contributed by atoms with Crippen molar-refractivity contribution in [1.29, 1.82) is 0 Å². The number of hydrogen-bond donors (Lipinski definition) is 1. The molecule has 6 heteroatoms. The highest BCUT2D eigenvalue weighted by Crippen LogP contribution is 2.31. The minimum atomic E-state index is -0.585. The first-order valence-corrected chi connectivity index (χ1v) is 6.49. The summed E-state index contributed by atoms with van der Waals surface area (Å²) in [6, 6.07) is 4.29. The van der Waals surface area contributed by atoms with Gasteiger partial charge < -0.3 is 14.8 Å². The van der Waals surface area contributed by atoms with Gasteiger partial charge in [0.25, 0.3) is 5.91 Å². The molecule has 0 bridgehead atoms. The Morgan fingerprint density at radius 1 is 1.00 bits per heavy atom. The van der Waals surface area contributed by atoms with Gasteiger partial charge in [0.15, 0.2) is 11.5 Å². The third-order valence-electron chi connectivity index (χ3n) is 2.50. The number of ether oxygens (including phenoxy) is 2. The smallest absolute Gasteiger partial charge is 0.308 e. The molecule has 1 N–H and O–H groups in total. The van der Waals surface area contributed by atoms with Gasteiger partial charge in [-0.05, 0) is 29.3 Å². The van der Waals surface area contributed by atoms with Crippen molar-refractivity contribution in [2.45, 2.75) is 13.8 Å². The van der Waals surface area contributed by atoms with Crippen LogP contribution in [0.1, 0.15) is 13.8 Å². The predicted octanol–water partition coefficient (Wildman–Crippen LogP) is 2.04. The van der Waals surface area contributed by atoms with Crippen LogP contribution in [0.4, 0.5) is 5.69 Å². The van der Waals surface area contributed by atoms with E-state index in [0.717, 1.165) is 0 Å². The molecule has 1 aromatic rings. The Balaban J connectivity index is 2.26. The van der Waals surface area contributed by atoms with E-state index in [2.05, 4.69) is 28.2 Å². The van der Waals surface area contributed by atoms with Crippen LogP contribution in [0.5, 0.6) is 11.5 Å². The molecule has 0 spiro atoms. The van der Waals surface area contributed by atoms with Crippen LogP contribution in [0.2, 0.25) is 0 Å². The molecule has 23 heavy (non-hydrogen) atoms. The molecule has 2 rings (SSSR count). The molecule has 0 saturated carbocycles. The summed E-state index contributed by atoms with van der Waals surface area (Å²) in [5, 5.41) is 2.60. The zero-order chi connectivity index (χ0) is 16.8. The fourth-order valence-corrected chi connectivity index (χ4v) is 1.66. The summed E-state index contributed by atoms with van der Waals surface area (Å²) in [4.78, 5) is 34.2. The first kappa shape index (κ1) is 15.9. The molecule has 1 aliphatic carbocycles. The van der Waals surface area contributed by atoms with Crippen LogP contribution in [0, 0.1) is 0 Å². The highest BCUT2D eigenvalue weighted by atomic mass is 16.6. The molecule has 0 saturated heterocycles. The molecule has 0 unspecified atom stereocenters. The number of amides is 1. The number of rotatable bonds is 4. The van der Waals surface area contributed by atoms with Gasteiger partial charge in [0.05, 0.1) is 5.57 Å². The fraction of sp³-hybridized carbons (Fsp3) is 0.118. The average Bonchev–Trinajstić information content (AvgIpc) is 2.50. The lowest BCUT2D eigenvalue weighted by Gasteiger charge is -2.11. The van der Waals surface area contributed by atoms with Crippen molar-refractivity contribution in [2.75, 3.05) is 5.32 Å². The lowest BCUT2D eigenvalue weighted by molar-refractivity contribution is -0.134. The molecule has 1 aromatic carbocycles. The quantitative estimate of drug-likeness (QED) is 0.523. The largest absolute Gasteiger partial charge is 0.423 e. The van der Waals surface area contributed by atoms with Crippen molar-refractivity contribution in [2.24, 2.45) is 0 Å². The van der Waals surface area contributed by atoms with Gasteiger partial charge in [0.2, 0.25) is 0 Å². The highest BCUT2D eigenvalue weighted by molar-refractivity contribution is 6.05. The zero-order valence-electron chi connectivity index (χ0n) is 12.4. The fourth-order valence-electron chi connectivity index (χ4n) is 1.66. The van der Waals surface area contributed by atoms with Crippen molar-refractivity contribution in [1.82, 2.24) is 0 Å². The summed E-state index contributed by atoms with van der Waals surface area (Å²) in [5.41, 5.74) is 10.8. The predicted molar refractivity (Wildman–Crippen MR) is 79.8 cm³/mol. The minimum absolute atomic E-state index is 0.0222. The summed E-state index contributed by atoms with van der Waals surface area (Å²) in [5.74, 6) is -1.49. The normalized spacial score (nSPS) is 11.0. The Labute approximate surface area is 131 Å². The molecule has 0 atom stereocenters. The molecule has 0 radical (unpaired) electrons. The van der Waals surface area contributed by atoms with Crippen molar-refractivity contribution in [3.05, 3.63) is 52.8 Å². The van der Waals surface area contributed by atoms with Gasteiger partial charge in [0, 0.05) is 31.7 Å². The second-order valence-corrected chi connectivity index (χ2v) is 4.38. The summed E-state index contributed by atoms with van der Waals surface area (Å²) in [6.45, 7) is 2.44. The van der Waals surface area contributed by atoms with Crippen LogP contribution >= 0.6 is 0 Å². The van der Waals surface area contributed by atoms with E-state index in [0.29, 0.717) is 5.69 Å². The highest BCUT2D eigenvalue weighted by Gasteiger charge is 2.13. The lowest BCUT2D eigenvalue weighted by atomic mass is 10.2. The maximum atomic E-state index is 12.0. The summed E-state index contributed by atoms with van der Waals surface area (Å²) < 4.78 is 9.92. The Kier molecular flexibility index (Phi) is 4.81. The van der Waals surface area contributed by atoms with Gasteiger partial charge in [-0.15, -0.1) is 0 Å². The maximum absolute atomic E-state index is 12.0. The first-order chi connectivity index (χ1) is 11.0. The van der Waals surface area contributed by atoms with Gasteiger partial charge >= 0.3 is 11.9 Å². The summed E-state index contributed by atoms with van der Waals surface area (Å²) in [6.07, 6.45) is 1.41. The van der Waals surface area contributed by atoms with Crippen molar-refractivity contribution in [3.8, 4) is 11.5 Å². The monoisotopic (exact) mass is 309 g/mol. The molecule has 0 heterocycles. The van der Waals surface area contributed by atoms with Crippen LogP contribution in [0.25, 0.3) is 0 Å². The van der Waals surface area contributed by atoms with Gasteiger partial charge in [-0.25, -0.2) is 0 Å². The third kappa shape index (κ3) is 4.48. The van der Waals surface area contributed by atoms with E-state index >= 15 is 0 Å². The maximum Gasteiger partial charge on any atom is 0.308 e. The molecule has 114 valence electrons. The molecule has 1 aliphatic rings. The van der Waals surface area contributed by atoms with Crippen molar-refractivity contribution in [3.63, 3.8) is 0 Å². The van der Waals surface area contributed by atoms with Crippen LogP contribution in [0.3, 0.4) is 0 Å². The number of anilines is 1. The average molecular weight is 309 g/mol. The van der Waals surface area contributed by atoms with Crippen molar-refractivity contribution >= 4 is 23.5 Å². The number of benzene rings is 1.